The van der Waals surface area contributed by atoms with Crippen LogP contribution in [0.5, 0.6) is 0 Å². The summed E-state index contributed by atoms with van der Waals surface area (Å²) in [5.41, 5.74) is 2.15. The maximum absolute atomic E-state index is 11.2. The van der Waals surface area contributed by atoms with Gasteiger partial charge in [0, 0.05) is 12.5 Å². The third-order valence-corrected chi connectivity index (χ3v) is 3.10. The molecule has 0 aromatic carbocycles. The van der Waals surface area contributed by atoms with Crippen molar-refractivity contribution in [3.63, 3.8) is 0 Å². The third-order valence-electron chi connectivity index (χ3n) is 2.52. The molecule has 80 valence electrons. The van der Waals surface area contributed by atoms with Gasteiger partial charge in [-0.05, 0) is 47.8 Å². The summed E-state index contributed by atoms with van der Waals surface area (Å²) < 4.78 is 2.92. The number of halogens is 1. The highest BCUT2D eigenvalue weighted by atomic mass is 79.9. The minimum atomic E-state index is 0.216. The van der Waals surface area contributed by atoms with Crippen LogP contribution >= 0.6 is 15.9 Å². The summed E-state index contributed by atoms with van der Waals surface area (Å²) in [4.78, 5) is 11.2. The van der Waals surface area contributed by atoms with Crippen molar-refractivity contribution >= 4 is 27.3 Å². The van der Waals surface area contributed by atoms with Gasteiger partial charge in [-0.25, -0.2) is 0 Å². The standard InChI is InChI=1S/C11H13BrN2O/c1-7(2)14-11(10(12)6-13-14)8-3-4-9(15)5-8/h5-7H,3-4H2,1-2H3. The van der Waals surface area contributed by atoms with E-state index in [1.54, 1.807) is 12.3 Å². The largest absolute Gasteiger partial charge is 0.295 e. The molecule has 0 radical (unpaired) electrons. The average molecular weight is 269 g/mol. The van der Waals surface area contributed by atoms with Gasteiger partial charge in [-0.15, -0.1) is 0 Å². The monoisotopic (exact) mass is 268 g/mol. The summed E-state index contributed by atoms with van der Waals surface area (Å²) in [6.45, 7) is 4.17. The van der Waals surface area contributed by atoms with Gasteiger partial charge < -0.3 is 0 Å². The van der Waals surface area contributed by atoms with Crippen molar-refractivity contribution < 1.29 is 4.79 Å². The maximum atomic E-state index is 11.2. The molecule has 2 rings (SSSR count). The number of allylic oxidation sites excluding steroid dienone is 2. The predicted octanol–water partition coefficient (Wildman–Crippen LogP) is 2.97. The molecule has 0 unspecified atom stereocenters. The Morgan fingerprint density at radius 1 is 1.47 bits per heavy atom. The molecule has 0 spiro atoms. The summed E-state index contributed by atoms with van der Waals surface area (Å²) in [6.07, 6.45) is 4.99. The molecular formula is C11H13BrN2O. The number of ketones is 1. The Labute approximate surface area is 97.3 Å². The fourth-order valence-electron chi connectivity index (χ4n) is 1.82. The normalized spacial score (nSPS) is 16.3. The lowest BCUT2D eigenvalue weighted by atomic mass is 10.1. The molecule has 1 aliphatic carbocycles. The summed E-state index contributed by atoms with van der Waals surface area (Å²) in [5.74, 6) is 0.216. The Hall–Kier alpha value is -0.900. The fraction of sp³-hybridized carbons (Fsp3) is 0.455. The molecule has 0 amide bonds. The fourth-order valence-corrected chi connectivity index (χ4v) is 2.34. The van der Waals surface area contributed by atoms with Gasteiger partial charge in [-0.3, -0.25) is 9.48 Å². The van der Waals surface area contributed by atoms with Crippen LogP contribution in [-0.4, -0.2) is 15.6 Å². The molecule has 0 saturated carbocycles. The van der Waals surface area contributed by atoms with E-state index in [4.69, 9.17) is 0 Å². The van der Waals surface area contributed by atoms with Crippen molar-refractivity contribution in [3.8, 4) is 0 Å². The van der Waals surface area contributed by atoms with E-state index in [9.17, 15) is 4.79 Å². The van der Waals surface area contributed by atoms with E-state index in [0.29, 0.717) is 12.5 Å². The van der Waals surface area contributed by atoms with Gasteiger partial charge >= 0.3 is 0 Å². The topological polar surface area (TPSA) is 34.9 Å². The molecule has 1 heterocycles. The van der Waals surface area contributed by atoms with Gasteiger partial charge in [0.2, 0.25) is 0 Å². The Morgan fingerprint density at radius 3 is 2.73 bits per heavy atom. The van der Waals surface area contributed by atoms with E-state index < -0.39 is 0 Å². The van der Waals surface area contributed by atoms with Crippen molar-refractivity contribution in [2.45, 2.75) is 32.7 Å². The molecule has 15 heavy (non-hydrogen) atoms. The molecule has 1 aromatic rings. The van der Waals surface area contributed by atoms with Crippen LogP contribution in [-0.2, 0) is 4.79 Å². The van der Waals surface area contributed by atoms with E-state index >= 15 is 0 Å². The number of aromatic nitrogens is 2. The minimum Gasteiger partial charge on any atom is -0.295 e. The van der Waals surface area contributed by atoms with E-state index in [1.807, 2.05) is 4.68 Å². The van der Waals surface area contributed by atoms with Crippen molar-refractivity contribution in [1.82, 2.24) is 9.78 Å². The van der Waals surface area contributed by atoms with Crippen LogP contribution in [0.1, 0.15) is 38.4 Å². The zero-order valence-corrected chi connectivity index (χ0v) is 10.4. The second-order valence-corrected chi connectivity index (χ2v) is 4.87. The molecule has 3 nitrogen and oxygen atoms in total. The number of carbonyl (C=O) groups excluding carboxylic acids is 1. The molecule has 0 saturated heterocycles. The smallest absolute Gasteiger partial charge is 0.156 e. The maximum Gasteiger partial charge on any atom is 0.156 e. The van der Waals surface area contributed by atoms with Crippen molar-refractivity contribution in [3.05, 3.63) is 22.4 Å². The molecule has 0 N–H and O–H groups in total. The second kappa shape index (κ2) is 3.93. The van der Waals surface area contributed by atoms with Gasteiger partial charge in [-0.2, -0.15) is 5.10 Å². The van der Waals surface area contributed by atoms with Gasteiger partial charge in [0.1, 0.15) is 0 Å². The van der Waals surface area contributed by atoms with Crippen LogP contribution < -0.4 is 0 Å². The van der Waals surface area contributed by atoms with Crippen molar-refractivity contribution in [2.75, 3.05) is 0 Å². The van der Waals surface area contributed by atoms with Gasteiger partial charge in [0.15, 0.2) is 5.78 Å². The lowest BCUT2D eigenvalue weighted by Crippen LogP contribution is -2.06. The number of hydrogen-bond donors (Lipinski definition) is 0. The molecule has 0 atom stereocenters. The Balaban J connectivity index is 2.47. The molecule has 0 bridgehead atoms. The van der Waals surface area contributed by atoms with Gasteiger partial charge in [-0.1, -0.05) is 0 Å². The molecule has 1 aromatic heterocycles. The van der Waals surface area contributed by atoms with E-state index in [1.165, 1.54) is 0 Å². The van der Waals surface area contributed by atoms with Crippen LogP contribution in [0.3, 0.4) is 0 Å². The first-order valence-electron chi connectivity index (χ1n) is 5.06. The molecule has 0 fully saturated rings. The zero-order chi connectivity index (χ0) is 11.0. The Bertz CT molecular complexity index is 432. The molecule has 4 heteroatoms. The van der Waals surface area contributed by atoms with Crippen LogP contribution in [0.4, 0.5) is 0 Å². The highest BCUT2D eigenvalue weighted by Gasteiger charge is 2.20. The summed E-state index contributed by atoms with van der Waals surface area (Å²) >= 11 is 3.48. The first kappa shape index (κ1) is 10.6. The number of hydrogen-bond acceptors (Lipinski definition) is 2. The summed E-state index contributed by atoms with van der Waals surface area (Å²) in [5, 5.41) is 4.30. The quantitative estimate of drug-likeness (QED) is 0.827. The van der Waals surface area contributed by atoms with Crippen LogP contribution in [0.2, 0.25) is 0 Å². The van der Waals surface area contributed by atoms with Crippen LogP contribution in [0.15, 0.2) is 16.7 Å². The molecule has 0 aliphatic heterocycles. The number of nitrogens with zero attached hydrogens (tertiary/aromatic N) is 2. The lowest BCUT2D eigenvalue weighted by molar-refractivity contribution is -0.114. The average Bonchev–Trinajstić information content (AvgIpc) is 2.71. The van der Waals surface area contributed by atoms with E-state index in [2.05, 4.69) is 34.9 Å². The number of carbonyl (C=O) groups is 1. The van der Waals surface area contributed by atoms with Crippen molar-refractivity contribution in [1.29, 1.82) is 0 Å². The Kier molecular flexibility index (Phi) is 2.78. The Morgan fingerprint density at radius 2 is 2.20 bits per heavy atom. The van der Waals surface area contributed by atoms with Gasteiger partial charge in [0.25, 0.3) is 0 Å². The first-order valence-corrected chi connectivity index (χ1v) is 5.85. The highest BCUT2D eigenvalue weighted by Crippen LogP contribution is 2.32. The zero-order valence-electron chi connectivity index (χ0n) is 8.83. The summed E-state index contributed by atoms with van der Waals surface area (Å²) in [7, 11) is 0. The van der Waals surface area contributed by atoms with Crippen molar-refractivity contribution in [2.24, 2.45) is 0 Å². The second-order valence-electron chi connectivity index (χ2n) is 4.02. The SMILES string of the molecule is CC(C)n1ncc(Br)c1C1=CC(=O)CC1. The number of rotatable bonds is 2. The third kappa shape index (κ3) is 1.91. The van der Waals surface area contributed by atoms with E-state index in [-0.39, 0.29) is 5.78 Å². The minimum absolute atomic E-state index is 0.216. The molecule has 1 aliphatic rings. The van der Waals surface area contributed by atoms with Gasteiger partial charge in [0.05, 0.1) is 16.4 Å². The summed E-state index contributed by atoms with van der Waals surface area (Å²) in [6, 6.07) is 0.308. The van der Waals surface area contributed by atoms with Crippen LogP contribution in [0, 0.1) is 0 Å². The highest BCUT2D eigenvalue weighted by molar-refractivity contribution is 9.10. The lowest BCUT2D eigenvalue weighted by Gasteiger charge is -2.11. The molecular weight excluding hydrogens is 256 g/mol. The first-order chi connectivity index (χ1) is 7.09. The van der Waals surface area contributed by atoms with E-state index in [0.717, 1.165) is 22.2 Å². The predicted molar refractivity (Wildman–Crippen MR) is 62.5 cm³/mol. The van der Waals surface area contributed by atoms with Crippen LogP contribution in [0.25, 0.3) is 5.57 Å².